The summed E-state index contributed by atoms with van der Waals surface area (Å²) in [5.74, 6) is -0.866. The van der Waals surface area contributed by atoms with Crippen LogP contribution in [0.1, 0.15) is 11.1 Å². The molecular weight excluding hydrogens is 456 g/mol. The van der Waals surface area contributed by atoms with Crippen LogP contribution in [0.15, 0.2) is 61.2 Å². The van der Waals surface area contributed by atoms with Crippen LogP contribution >= 0.6 is 0 Å². The van der Waals surface area contributed by atoms with Gasteiger partial charge in [0.1, 0.15) is 36.9 Å². The molecule has 2 aromatic carbocycles. The van der Waals surface area contributed by atoms with Gasteiger partial charge < -0.3 is 14.4 Å². The highest BCUT2D eigenvalue weighted by molar-refractivity contribution is 5.92. The molecule has 11 heteroatoms. The molecule has 2 heterocycles. The van der Waals surface area contributed by atoms with E-state index in [4.69, 9.17) is 9.47 Å². The third-order valence-corrected chi connectivity index (χ3v) is 5.13. The first-order valence-electron chi connectivity index (χ1n) is 10.3. The first kappa shape index (κ1) is 23.4. The fraction of sp³-hybridized carbons (Fsp3) is 0.261. The van der Waals surface area contributed by atoms with E-state index in [1.807, 2.05) is 12.1 Å². The number of carbonyl (C=O) groups is 1. The third-order valence-electron chi connectivity index (χ3n) is 5.13. The molecule has 178 valence electrons. The van der Waals surface area contributed by atoms with Gasteiger partial charge in [-0.1, -0.05) is 6.07 Å². The lowest BCUT2D eigenvalue weighted by molar-refractivity contribution is -0.138. The number of amides is 1. The number of halogens is 4. The third kappa shape index (κ3) is 5.79. The second-order valence-corrected chi connectivity index (χ2v) is 7.48. The molecule has 0 saturated carbocycles. The van der Waals surface area contributed by atoms with Crippen LogP contribution < -0.4 is 4.74 Å². The highest BCUT2D eigenvalue weighted by Gasteiger charge is 2.33. The monoisotopic (exact) mass is 476 g/mol. The molecule has 1 aliphatic heterocycles. The first-order valence-corrected chi connectivity index (χ1v) is 10.3. The minimum absolute atomic E-state index is 0.187. The summed E-state index contributed by atoms with van der Waals surface area (Å²) in [5.41, 5.74) is -0.610. The summed E-state index contributed by atoms with van der Waals surface area (Å²) < 4.78 is 65.7. The van der Waals surface area contributed by atoms with Gasteiger partial charge in [-0.05, 0) is 48.0 Å². The van der Waals surface area contributed by atoms with E-state index in [0.717, 1.165) is 30.0 Å². The Morgan fingerprint density at radius 3 is 2.71 bits per heavy atom. The fourth-order valence-corrected chi connectivity index (χ4v) is 3.43. The number of benzene rings is 2. The van der Waals surface area contributed by atoms with Crippen LogP contribution in [0, 0.1) is 5.82 Å². The smallest absolute Gasteiger partial charge is 0.417 e. The summed E-state index contributed by atoms with van der Waals surface area (Å²) >= 11 is 0. The Balaban J connectivity index is 1.33. The van der Waals surface area contributed by atoms with Gasteiger partial charge in [-0.25, -0.2) is 14.1 Å². The van der Waals surface area contributed by atoms with Gasteiger partial charge in [0.05, 0.1) is 24.4 Å². The number of ether oxygens (including phenoxy) is 2. The van der Waals surface area contributed by atoms with Gasteiger partial charge in [0, 0.05) is 12.6 Å². The van der Waals surface area contributed by atoms with E-state index in [1.165, 1.54) is 11.2 Å². The van der Waals surface area contributed by atoms with Gasteiger partial charge in [-0.2, -0.15) is 18.3 Å². The zero-order chi connectivity index (χ0) is 24.1. The second-order valence-electron chi connectivity index (χ2n) is 7.48. The number of morpholine rings is 1. The molecule has 1 fully saturated rings. The fourth-order valence-electron chi connectivity index (χ4n) is 3.43. The van der Waals surface area contributed by atoms with E-state index in [9.17, 15) is 22.4 Å². The van der Waals surface area contributed by atoms with Crippen LogP contribution in [-0.2, 0) is 15.7 Å². The summed E-state index contributed by atoms with van der Waals surface area (Å²) in [6.07, 6.45) is -0.0396. The van der Waals surface area contributed by atoms with Crippen molar-refractivity contribution in [3.05, 3.63) is 78.1 Å². The van der Waals surface area contributed by atoms with E-state index < -0.39 is 29.6 Å². The normalized spacial score (nSPS) is 16.7. The van der Waals surface area contributed by atoms with E-state index in [2.05, 4.69) is 10.1 Å². The molecule has 7 nitrogen and oxygen atoms in total. The zero-order valence-electron chi connectivity index (χ0n) is 17.8. The summed E-state index contributed by atoms with van der Waals surface area (Å²) in [5, 5.41) is 4.04. The minimum Gasteiger partial charge on any atom is -0.491 e. The maximum absolute atomic E-state index is 13.3. The van der Waals surface area contributed by atoms with Crippen molar-refractivity contribution in [2.45, 2.75) is 12.3 Å². The number of aromatic nitrogens is 3. The van der Waals surface area contributed by atoms with Crippen LogP contribution in [0.4, 0.5) is 17.6 Å². The van der Waals surface area contributed by atoms with Crippen LogP contribution in [0.2, 0.25) is 0 Å². The number of hydrogen-bond donors (Lipinski definition) is 0. The average molecular weight is 476 g/mol. The number of hydrogen-bond acceptors (Lipinski definition) is 5. The van der Waals surface area contributed by atoms with Crippen molar-refractivity contribution in [1.82, 2.24) is 19.7 Å². The van der Waals surface area contributed by atoms with Crippen molar-refractivity contribution in [3.8, 4) is 11.4 Å². The standard InChI is InChI=1S/C23H20F4N4O3/c24-17-3-1-16(21(11-17)23(25,26)27)2-8-22(32)30-9-10-33-20(12-30)13-34-19-6-4-18(5-7-19)31-15-28-14-29-31/h1-8,11,14-15,20H,9-10,12-13H2. The lowest BCUT2D eigenvalue weighted by Gasteiger charge is -2.32. The molecule has 1 amide bonds. The SMILES string of the molecule is O=C(C=Cc1ccc(F)cc1C(F)(F)F)N1CCOC(COc2ccc(-n3cncn3)cc2)C1. The Morgan fingerprint density at radius 1 is 1.21 bits per heavy atom. The number of nitrogens with zero attached hydrogens (tertiary/aromatic N) is 4. The minimum atomic E-state index is -4.74. The predicted octanol–water partition coefficient (Wildman–Crippen LogP) is 3.74. The average Bonchev–Trinajstić information content (AvgIpc) is 3.37. The summed E-state index contributed by atoms with van der Waals surface area (Å²) in [4.78, 5) is 17.9. The Kier molecular flexibility index (Phi) is 6.92. The lowest BCUT2D eigenvalue weighted by atomic mass is 10.1. The summed E-state index contributed by atoms with van der Waals surface area (Å²) in [6, 6.07) is 9.49. The van der Waals surface area contributed by atoms with Crippen LogP contribution in [0.5, 0.6) is 5.75 Å². The van der Waals surface area contributed by atoms with Crippen molar-refractivity contribution in [2.24, 2.45) is 0 Å². The van der Waals surface area contributed by atoms with Crippen LogP contribution in [0.25, 0.3) is 11.8 Å². The van der Waals surface area contributed by atoms with Gasteiger partial charge in [-0.3, -0.25) is 4.79 Å². The molecule has 1 unspecified atom stereocenters. The quantitative estimate of drug-likeness (QED) is 0.401. The first-order chi connectivity index (χ1) is 16.3. The molecule has 1 aromatic heterocycles. The van der Waals surface area contributed by atoms with Crippen molar-refractivity contribution in [1.29, 1.82) is 0 Å². The van der Waals surface area contributed by atoms with Gasteiger partial charge in [-0.15, -0.1) is 0 Å². The Morgan fingerprint density at radius 2 is 2.00 bits per heavy atom. The van der Waals surface area contributed by atoms with Gasteiger partial charge in [0.2, 0.25) is 5.91 Å². The number of alkyl halides is 3. The summed E-state index contributed by atoms with van der Waals surface area (Å²) in [7, 11) is 0. The largest absolute Gasteiger partial charge is 0.491 e. The molecule has 0 aliphatic carbocycles. The van der Waals surface area contributed by atoms with E-state index in [0.29, 0.717) is 18.4 Å². The van der Waals surface area contributed by atoms with E-state index in [1.54, 1.807) is 23.1 Å². The van der Waals surface area contributed by atoms with Gasteiger partial charge in [0.25, 0.3) is 0 Å². The molecular formula is C23H20F4N4O3. The number of rotatable bonds is 6. The molecule has 3 aromatic rings. The second kappa shape index (κ2) is 10.0. The molecule has 0 N–H and O–H groups in total. The molecule has 1 atom stereocenters. The van der Waals surface area contributed by atoms with Crippen LogP contribution in [-0.4, -0.2) is 58.0 Å². The topological polar surface area (TPSA) is 69.5 Å². The lowest BCUT2D eigenvalue weighted by Crippen LogP contribution is -2.47. The molecule has 1 aliphatic rings. The Bertz CT molecular complexity index is 1150. The van der Waals surface area contributed by atoms with Gasteiger partial charge >= 0.3 is 6.18 Å². The van der Waals surface area contributed by atoms with Crippen molar-refractivity contribution >= 4 is 12.0 Å². The predicted molar refractivity (Wildman–Crippen MR) is 114 cm³/mol. The molecule has 1 saturated heterocycles. The number of carbonyl (C=O) groups excluding carboxylic acids is 1. The van der Waals surface area contributed by atoms with E-state index >= 15 is 0 Å². The van der Waals surface area contributed by atoms with Crippen molar-refractivity contribution in [2.75, 3.05) is 26.3 Å². The van der Waals surface area contributed by atoms with Crippen LogP contribution in [0.3, 0.4) is 0 Å². The molecule has 0 radical (unpaired) electrons. The van der Waals surface area contributed by atoms with E-state index in [-0.39, 0.29) is 25.3 Å². The highest BCUT2D eigenvalue weighted by atomic mass is 19.4. The Labute approximate surface area is 192 Å². The molecule has 4 rings (SSSR count). The molecule has 0 spiro atoms. The van der Waals surface area contributed by atoms with Crippen molar-refractivity contribution in [3.63, 3.8) is 0 Å². The molecule has 34 heavy (non-hydrogen) atoms. The Hall–Kier alpha value is -3.73. The van der Waals surface area contributed by atoms with Gasteiger partial charge in [0.15, 0.2) is 0 Å². The zero-order valence-corrected chi connectivity index (χ0v) is 17.8. The summed E-state index contributed by atoms with van der Waals surface area (Å²) in [6.45, 7) is 0.965. The maximum Gasteiger partial charge on any atom is 0.417 e. The highest BCUT2D eigenvalue weighted by Crippen LogP contribution is 2.33. The van der Waals surface area contributed by atoms with Crippen molar-refractivity contribution < 1.29 is 31.8 Å². The maximum atomic E-state index is 13.3. The molecule has 0 bridgehead atoms.